The van der Waals surface area contributed by atoms with E-state index < -0.39 is 23.5 Å². The molecule has 4 rings (SSSR count). The molecule has 1 saturated heterocycles. The number of hydrogen-bond acceptors (Lipinski definition) is 4. The molecule has 29 heavy (non-hydrogen) atoms. The van der Waals surface area contributed by atoms with Gasteiger partial charge in [-0.3, -0.25) is 0 Å². The fourth-order valence-electron chi connectivity index (χ4n) is 4.42. The Morgan fingerprint density at radius 2 is 1.66 bits per heavy atom. The van der Waals surface area contributed by atoms with Gasteiger partial charge >= 0.3 is 12.1 Å². The second-order valence-corrected chi connectivity index (χ2v) is 8.01. The molecule has 2 aromatic rings. The van der Waals surface area contributed by atoms with E-state index in [1.165, 1.54) is 0 Å². The van der Waals surface area contributed by atoms with Crippen LogP contribution in [0, 0.1) is 5.41 Å². The highest BCUT2D eigenvalue weighted by atomic mass is 16.5. The van der Waals surface area contributed by atoms with Gasteiger partial charge in [-0.15, -0.1) is 0 Å². The lowest BCUT2D eigenvalue weighted by molar-refractivity contribution is -0.144. The molecule has 2 aromatic carbocycles. The number of rotatable bonds is 5. The van der Waals surface area contributed by atoms with Gasteiger partial charge in [0.05, 0.1) is 0 Å². The molecule has 0 bridgehead atoms. The first-order chi connectivity index (χ1) is 14.0. The fraction of sp³-hybridized carbons (Fsp3) is 0.391. The first-order valence-corrected chi connectivity index (χ1v) is 9.92. The summed E-state index contributed by atoms with van der Waals surface area (Å²) >= 11 is 0. The Hall–Kier alpha value is -2.86. The molecule has 1 fully saturated rings. The second kappa shape index (κ2) is 7.87. The Bertz CT molecular complexity index is 873. The van der Waals surface area contributed by atoms with Crippen LogP contribution in [0.25, 0.3) is 11.1 Å². The molecule has 0 saturated carbocycles. The Morgan fingerprint density at radius 3 is 2.21 bits per heavy atom. The van der Waals surface area contributed by atoms with Crippen LogP contribution in [0.1, 0.15) is 36.8 Å². The minimum absolute atomic E-state index is 0.0601. The molecule has 1 heterocycles. The average Bonchev–Trinajstić information content (AvgIpc) is 3.04. The van der Waals surface area contributed by atoms with E-state index in [1.54, 1.807) is 0 Å². The maximum atomic E-state index is 12.5. The van der Waals surface area contributed by atoms with Crippen molar-refractivity contribution in [2.75, 3.05) is 19.8 Å². The fourth-order valence-corrected chi connectivity index (χ4v) is 4.42. The monoisotopic (exact) mass is 395 g/mol. The van der Waals surface area contributed by atoms with Gasteiger partial charge in [-0.25, -0.2) is 9.59 Å². The predicted molar refractivity (Wildman–Crippen MR) is 108 cm³/mol. The number of carbonyl (C=O) groups excluding carboxylic acids is 1. The largest absolute Gasteiger partial charge is 0.480 e. The van der Waals surface area contributed by atoms with Crippen molar-refractivity contribution in [3.63, 3.8) is 0 Å². The number of fused-ring (bicyclic) bond motifs is 3. The van der Waals surface area contributed by atoms with Crippen molar-refractivity contribution < 1.29 is 24.2 Å². The van der Waals surface area contributed by atoms with Crippen molar-refractivity contribution >= 4 is 12.1 Å². The van der Waals surface area contributed by atoms with Crippen LogP contribution in [-0.2, 0) is 14.3 Å². The Kier molecular flexibility index (Phi) is 5.28. The summed E-state index contributed by atoms with van der Waals surface area (Å²) in [7, 11) is 0. The molecule has 1 aliphatic carbocycles. The molecule has 0 unspecified atom stereocenters. The number of hydrogen-bond donors (Lipinski definition) is 2. The summed E-state index contributed by atoms with van der Waals surface area (Å²) in [5.74, 6) is -1.11. The summed E-state index contributed by atoms with van der Waals surface area (Å²) < 4.78 is 10.9. The van der Waals surface area contributed by atoms with E-state index in [0.29, 0.717) is 26.1 Å². The first kappa shape index (κ1) is 19.5. The second-order valence-electron chi connectivity index (χ2n) is 8.01. The van der Waals surface area contributed by atoms with E-state index in [9.17, 15) is 14.7 Å². The molecule has 6 heteroatoms. The lowest BCUT2D eigenvalue weighted by Gasteiger charge is -2.38. The van der Waals surface area contributed by atoms with E-state index in [1.807, 2.05) is 43.3 Å². The standard InChI is InChI=1S/C23H25NO5/c1-23(10-12-28-13-11-23)20(21(25)26)24-22(27)29-14-19-17-8-4-2-6-15(17)16-7-3-5-9-18(16)19/h2-9,19-20H,10-14H2,1H3,(H,24,27)(H,25,26)/t20-/m0/s1. The highest BCUT2D eigenvalue weighted by Crippen LogP contribution is 2.44. The first-order valence-electron chi connectivity index (χ1n) is 9.92. The molecule has 0 aromatic heterocycles. The van der Waals surface area contributed by atoms with E-state index >= 15 is 0 Å². The molecule has 0 radical (unpaired) electrons. The van der Waals surface area contributed by atoms with Crippen LogP contribution in [-0.4, -0.2) is 43.0 Å². The van der Waals surface area contributed by atoms with Crippen molar-refractivity contribution in [2.45, 2.75) is 31.7 Å². The third kappa shape index (κ3) is 3.72. The molecule has 1 amide bonds. The van der Waals surface area contributed by atoms with Gasteiger partial charge in [-0.05, 0) is 35.1 Å². The van der Waals surface area contributed by atoms with Gasteiger partial charge in [0.2, 0.25) is 0 Å². The molecule has 1 aliphatic heterocycles. The number of carboxylic acid groups (broad SMARTS) is 1. The lowest BCUT2D eigenvalue weighted by Crippen LogP contribution is -2.53. The molecule has 1 atom stereocenters. The highest BCUT2D eigenvalue weighted by Gasteiger charge is 2.42. The topological polar surface area (TPSA) is 84.9 Å². The average molecular weight is 395 g/mol. The van der Waals surface area contributed by atoms with E-state index in [0.717, 1.165) is 22.3 Å². The summed E-state index contributed by atoms with van der Waals surface area (Å²) in [6.07, 6.45) is 0.452. The zero-order chi connectivity index (χ0) is 20.4. The number of ether oxygens (including phenoxy) is 2. The number of carboxylic acids is 1. The number of benzene rings is 2. The SMILES string of the molecule is CC1([C@@H](NC(=O)OCC2c3ccccc3-c3ccccc32)C(=O)O)CCOCC1. The van der Waals surface area contributed by atoms with Crippen LogP contribution in [0.4, 0.5) is 4.79 Å². The van der Waals surface area contributed by atoms with Crippen LogP contribution in [0.15, 0.2) is 48.5 Å². The van der Waals surface area contributed by atoms with Crippen LogP contribution in [0.3, 0.4) is 0 Å². The number of amides is 1. The Balaban J connectivity index is 1.46. The van der Waals surface area contributed by atoms with E-state index in [2.05, 4.69) is 17.4 Å². The van der Waals surface area contributed by atoms with E-state index in [4.69, 9.17) is 9.47 Å². The smallest absolute Gasteiger partial charge is 0.407 e. The van der Waals surface area contributed by atoms with E-state index in [-0.39, 0.29) is 12.5 Å². The van der Waals surface area contributed by atoms with Crippen LogP contribution < -0.4 is 5.32 Å². The number of aliphatic carboxylic acids is 1. The summed E-state index contributed by atoms with van der Waals surface area (Å²) in [5.41, 5.74) is 3.97. The van der Waals surface area contributed by atoms with Crippen LogP contribution in [0.5, 0.6) is 0 Å². The zero-order valence-corrected chi connectivity index (χ0v) is 16.4. The summed E-state index contributed by atoms with van der Waals surface area (Å²) in [5, 5.41) is 12.3. The van der Waals surface area contributed by atoms with Gasteiger partial charge < -0.3 is 19.9 Å². The molecule has 2 aliphatic rings. The summed E-state index contributed by atoms with van der Waals surface area (Å²) in [6.45, 7) is 3.02. The predicted octanol–water partition coefficient (Wildman–Crippen LogP) is 3.80. The van der Waals surface area contributed by atoms with Gasteiger partial charge in [0, 0.05) is 24.5 Å². The number of carbonyl (C=O) groups is 2. The van der Waals surface area contributed by atoms with Gasteiger partial charge in [-0.1, -0.05) is 55.5 Å². The zero-order valence-electron chi connectivity index (χ0n) is 16.4. The Morgan fingerprint density at radius 1 is 1.10 bits per heavy atom. The summed E-state index contributed by atoms with van der Waals surface area (Å²) in [4.78, 5) is 24.3. The minimum Gasteiger partial charge on any atom is -0.480 e. The molecule has 6 nitrogen and oxygen atoms in total. The molecular formula is C23H25NO5. The molecule has 2 N–H and O–H groups in total. The maximum absolute atomic E-state index is 12.5. The van der Waals surface area contributed by atoms with Gasteiger partial charge in [0.1, 0.15) is 12.6 Å². The third-order valence-electron chi connectivity index (χ3n) is 6.18. The van der Waals surface area contributed by atoms with Crippen molar-refractivity contribution in [1.29, 1.82) is 0 Å². The third-order valence-corrected chi connectivity index (χ3v) is 6.18. The van der Waals surface area contributed by atoms with Crippen molar-refractivity contribution in [2.24, 2.45) is 5.41 Å². The highest BCUT2D eigenvalue weighted by molar-refractivity contribution is 5.81. The quantitative estimate of drug-likeness (QED) is 0.805. The number of alkyl carbamates (subject to hydrolysis) is 1. The summed E-state index contributed by atoms with van der Waals surface area (Å²) in [6, 6.07) is 15.2. The molecule has 0 spiro atoms. The normalized spacial score (nSPS) is 18.4. The van der Waals surface area contributed by atoms with Gasteiger partial charge in [0.25, 0.3) is 0 Å². The minimum atomic E-state index is -1.05. The van der Waals surface area contributed by atoms with Gasteiger partial charge in [0.15, 0.2) is 0 Å². The number of nitrogens with one attached hydrogen (secondary N) is 1. The van der Waals surface area contributed by atoms with Gasteiger partial charge in [-0.2, -0.15) is 0 Å². The van der Waals surface area contributed by atoms with Crippen molar-refractivity contribution in [3.05, 3.63) is 59.7 Å². The van der Waals surface area contributed by atoms with Crippen molar-refractivity contribution in [1.82, 2.24) is 5.32 Å². The lowest BCUT2D eigenvalue weighted by atomic mass is 9.75. The maximum Gasteiger partial charge on any atom is 0.407 e. The molecule has 152 valence electrons. The van der Waals surface area contributed by atoms with Crippen LogP contribution in [0.2, 0.25) is 0 Å². The molecular weight excluding hydrogens is 370 g/mol. The van der Waals surface area contributed by atoms with Crippen LogP contribution >= 0.6 is 0 Å². The Labute approximate surface area is 169 Å². The van der Waals surface area contributed by atoms with Crippen molar-refractivity contribution in [3.8, 4) is 11.1 Å².